The number of carbonyl (C=O) groups is 1. The number of nitrogens with one attached hydrogen (secondary N) is 3. The lowest BCUT2D eigenvalue weighted by Gasteiger charge is -2.20. The molecule has 9 heteroatoms. The van der Waals surface area contributed by atoms with Crippen LogP contribution < -0.4 is 10.6 Å². The molecule has 0 atom stereocenters. The Hall–Kier alpha value is -2.84. The van der Waals surface area contributed by atoms with Crippen molar-refractivity contribution in [1.82, 2.24) is 10.2 Å². The molecule has 0 aromatic heterocycles. The highest BCUT2D eigenvalue weighted by atomic mass is 35.5. The van der Waals surface area contributed by atoms with E-state index in [1.54, 1.807) is 53.4 Å². The number of carbonyl (C=O) groups excluding carboxylic acids is 1. The Bertz CT molecular complexity index is 965. The molecular weight excluding hydrogens is 429 g/mol. The van der Waals surface area contributed by atoms with Gasteiger partial charge in [-0.05, 0) is 48.9 Å². The van der Waals surface area contributed by atoms with E-state index >= 15 is 0 Å². The fraction of sp³-hybridized carbons (Fsp3) is 0.273. The summed E-state index contributed by atoms with van der Waals surface area (Å²) in [5.41, 5.74) is -0.202. The third-order valence-electron chi connectivity index (χ3n) is 4.81. The molecule has 0 aliphatic carbocycles. The van der Waals surface area contributed by atoms with Gasteiger partial charge in [-0.1, -0.05) is 35.9 Å². The molecule has 1 aliphatic heterocycles. The highest BCUT2D eigenvalue weighted by Gasteiger charge is 2.33. The first-order valence-electron chi connectivity index (χ1n) is 9.75. The molecule has 2 aromatic carbocycles. The topological polar surface area (TPSA) is 68.2 Å². The fourth-order valence-corrected chi connectivity index (χ4v) is 3.33. The Kier molecular flexibility index (Phi) is 7.35. The van der Waals surface area contributed by atoms with E-state index in [0.717, 1.165) is 19.5 Å². The van der Waals surface area contributed by atoms with Gasteiger partial charge in [-0.2, -0.15) is 13.2 Å². The number of allylic oxidation sites excluding steroid dienone is 1. The van der Waals surface area contributed by atoms with Crippen molar-refractivity contribution in [1.29, 1.82) is 5.41 Å². The summed E-state index contributed by atoms with van der Waals surface area (Å²) in [5.74, 6) is -0.122. The number of hydrogen-bond acceptors (Lipinski definition) is 4. The average molecular weight is 451 g/mol. The monoisotopic (exact) mass is 450 g/mol. The van der Waals surface area contributed by atoms with Crippen molar-refractivity contribution in [3.63, 3.8) is 0 Å². The Morgan fingerprint density at radius 1 is 1.06 bits per heavy atom. The summed E-state index contributed by atoms with van der Waals surface area (Å²) < 4.78 is 38.9. The van der Waals surface area contributed by atoms with Gasteiger partial charge in [0.05, 0.1) is 10.7 Å². The number of alkyl halides is 3. The molecule has 0 spiro atoms. The molecule has 0 saturated carbocycles. The van der Waals surface area contributed by atoms with Gasteiger partial charge in [0.1, 0.15) is 5.71 Å². The van der Waals surface area contributed by atoms with Crippen molar-refractivity contribution < 1.29 is 18.0 Å². The molecule has 1 aliphatic rings. The van der Waals surface area contributed by atoms with E-state index in [-0.39, 0.29) is 11.6 Å². The smallest absolute Gasteiger partial charge is 0.354 e. The van der Waals surface area contributed by atoms with Crippen LogP contribution in [0, 0.1) is 5.41 Å². The third-order valence-corrected chi connectivity index (χ3v) is 5.14. The molecule has 1 heterocycles. The molecule has 2 aromatic rings. The Morgan fingerprint density at radius 2 is 1.74 bits per heavy atom. The maximum absolute atomic E-state index is 13.0. The van der Waals surface area contributed by atoms with Gasteiger partial charge in [0.25, 0.3) is 5.91 Å². The number of anilines is 1. The maximum Gasteiger partial charge on any atom is 0.432 e. The van der Waals surface area contributed by atoms with Crippen LogP contribution in [0.5, 0.6) is 0 Å². The zero-order chi connectivity index (χ0) is 22.4. The van der Waals surface area contributed by atoms with Gasteiger partial charge < -0.3 is 15.5 Å². The predicted molar refractivity (Wildman–Crippen MR) is 117 cm³/mol. The van der Waals surface area contributed by atoms with E-state index < -0.39 is 11.9 Å². The van der Waals surface area contributed by atoms with Crippen molar-refractivity contribution in [3.05, 3.63) is 70.8 Å². The maximum atomic E-state index is 13.0. The quantitative estimate of drug-likeness (QED) is 0.572. The lowest BCUT2D eigenvalue weighted by Crippen LogP contribution is -2.34. The SMILES string of the molecule is N=C(/C=C(\Nc1ccccc1Cl)c1ccc(C(=O)N2CCCNCC2)cc1)C(F)(F)F. The van der Waals surface area contributed by atoms with Crippen molar-refractivity contribution in [3.8, 4) is 0 Å². The number of benzene rings is 2. The van der Waals surface area contributed by atoms with E-state index in [1.807, 2.05) is 0 Å². The van der Waals surface area contributed by atoms with Crippen LogP contribution in [0.4, 0.5) is 18.9 Å². The minimum atomic E-state index is -4.79. The molecule has 164 valence electrons. The third kappa shape index (κ3) is 6.08. The second-order valence-corrected chi connectivity index (χ2v) is 7.45. The first-order chi connectivity index (χ1) is 14.8. The van der Waals surface area contributed by atoms with Crippen LogP contribution in [-0.2, 0) is 0 Å². The number of hydrogen-bond donors (Lipinski definition) is 3. The molecule has 1 saturated heterocycles. The van der Waals surface area contributed by atoms with Crippen LogP contribution in [0.15, 0.2) is 54.6 Å². The zero-order valence-electron chi connectivity index (χ0n) is 16.6. The van der Waals surface area contributed by atoms with Crippen LogP contribution in [0.3, 0.4) is 0 Å². The van der Waals surface area contributed by atoms with Gasteiger partial charge in [0.2, 0.25) is 0 Å². The van der Waals surface area contributed by atoms with Gasteiger partial charge in [0.15, 0.2) is 0 Å². The van der Waals surface area contributed by atoms with Crippen LogP contribution in [0.2, 0.25) is 5.02 Å². The number of para-hydroxylation sites is 1. The molecule has 0 unspecified atom stereocenters. The summed E-state index contributed by atoms with van der Waals surface area (Å²) in [7, 11) is 0. The second kappa shape index (κ2) is 9.98. The van der Waals surface area contributed by atoms with Gasteiger partial charge in [-0.25, -0.2) is 0 Å². The van der Waals surface area contributed by atoms with Gasteiger partial charge in [0, 0.05) is 30.9 Å². The molecule has 31 heavy (non-hydrogen) atoms. The highest BCUT2D eigenvalue weighted by molar-refractivity contribution is 6.33. The average Bonchev–Trinajstić information content (AvgIpc) is 3.03. The molecule has 3 N–H and O–H groups in total. The van der Waals surface area contributed by atoms with E-state index in [9.17, 15) is 18.0 Å². The largest absolute Gasteiger partial charge is 0.432 e. The fourth-order valence-electron chi connectivity index (χ4n) is 3.15. The minimum Gasteiger partial charge on any atom is -0.354 e. The Balaban J connectivity index is 1.88. The summed E-state index contributed by atoms with van der Waals surface area (Å²) >= 11 is 6.13. The molecule has 1 amide bonds. The van der Waals surface area contributed by atoms with Gasteiger partial charge in [-0.15, -0.1) is 0 Å². The Morgan fingerprint density at radius 3 is 2.42 bits per heavy atom. The zero-order valence-corrected chi connectivity index (χ0v) is 17.4. The van der Waals surface area contributed by atoms with Gasteiger partial charge in [-0.3, -0.25) is 10.2 Å². The molecule has 1 fully saturated rings. The normalized spacial score (nSPS) is 15.4. The summed E-state index contributed by atoms with van der Waals surface area (Å²) in [5, 5.41) is 13.8. The highest BCUT2D eigenvalue weighted by Crippen LogP contribution is 2.27. The number of halogens is 4. The molecule has 0 bridgehead atoms. The second-order valence-electron chi connectivity index (χ2n) is 7.05. The van der Waals surface area contributed by atoms with Crippen LogP contribution in [0.25, 0.3) is 5.70 Å². The standard InChI is InChI=1S/C22H22ClF3N4O/c23-17-4-1-2-5-18(17)29-19(14-20(27)22(24,25)26)15-6-8-16(9-7-15)21(31)30-12-3-10-28-11-13-30/h1-2,4-9,14,27-29H,3,10-13H2/b19-14-,27-20?. The van der Waals surface area contributed by atoms with Gasteiger partial charge >= 0.3 is 6.18 Å². The van der Waals surface area contributed by atoms with Crippen molar-refractivity contribution >= 4 is 34.6 Å². The summed E-state index contributed by atoms with van der Waals surface area (Å²) in [4.78, 5) is 14.5. The van der Waals surface area contributed by atoms with Crippen molar-refractivity contribution in [2.45, 2.75) is 12.6 Å². The lowest BCUT2D eigenvalue weighted by molar-refractivity contribution is -0.0583. The summed E-state index contributed by atoms with van der Waals surface area (Å²) in [6.45, 7) is 2.83. The van der Waals surface area contributed by atoms with Crippen LogP contribution in [-0.4, -0.2) is 48.9 Å². The molecule has 3 rings (SSSR count). The number of nitrogens with zero attached hydrogens (tertiary/aromatic N) is 1. The number of amides is 1. The number of rotatable bonds is 5. The summed E-state index contributed by atoms with van der Waals surface area (Å²) in [6.07, 6.45) is -3.22. The molecule has 0 radical (unpaired) electrons. The first-order valence-corrected chi connectivity index (χ1v) is 10.1. The molecule has 5 nitrogen and oxygen atoms in total. The van der Waals surface area contributed by atoms with E-state index in [2.05, 4.69) is 10.6 Å². The predicted octanol–water partition coefficient (Wildman–Crippen LogP) is 4.81. The Labute approximate surface area is 183 Å². The van der Waals surface area contributed by atoms with Crippen molar-refractivity contribution in [2.75, 3.05) is 31.5 Å². The molecular formula is C22H22ClF3N4O. The summed E-state index contributed by atoms with van der Waals surface area (Å²) in [6, 6.07) is 12.9. The van der Waals surface area contributed by atoms with E-state index in [0.29, 0.717) is 41.0 Å². The first kappa shape index (κ1) is 22.8. The van der Waals surface area contributed by atoms with E-state index in [1.165, 1.54) is 0 Å². The van der Waals surface area contributed by atoms with Crippen LogP contribution in [0.1, 0.15) is 22.3 Å². The van der Waals surface area contributed by atoms with Crippen LogP contribution >= 0.6 is 11.6 Å². The van der Waals surface area contributed by atoms with Crippen molar-refractivity contribution in [2.24, 2.45) is 0 Å². The minimum absolute atomic E-state index is 0.0494. The lowest BCUT2D eigenvalue weighted by atomic mass is 10.1. The van der Waals surface area contributed by atoms with E-state index in [4.69, 9.17) is 17.0 Å².